The van der Waals surface area contributed by atoms with Gasteiger partial charge in [0.1, 0.15) is 11.5 Å². The number of aryl methyl sites for hydroxylation is 2. The maximum absolute atomic E-state index is 5.48. The van der Waals surface area contributed by atoms with Crippen LogP contribution in [0.15, 0.2) is 22.6 Å². The lowest BCUT2D eigenvalue weighted by Crippen LogP contribution is -1.95. The third kappa shape index (κ3) is 1.98. The molecule has 4 heteroatoms. The van der Waals surface area contributed by atoms with Gasteiger partial charge in [0, 0.05) is 5.69 Å². The standard InChI is InChI=1S/C11H12N2O2/c1-7-6-9(13-11(12-7)14-3)10-5-4-8(2)15-10/h4-6H,1-3H3. The largest absolute Gasteiger partial charge is 0.467 e. The number of hydrogen-bond acceptors (Lipinski definition) is 4. The zero-order valence-corrected chi connectivity index (χ0v) is 8.94. The number of methoxy groups -OCH3 is 1. The van der Waals surface area contributed by atoms with Gasteiger partial charge in [-0.3, -0.25) is 0 Å². The van der Waals surface area contributed by atoms with Crippen LogP contribution in [0.2, 0.25) is 0 Å². The average Bonchev–Trinajstić information content (AvgIpc) is 2.64. The van der Waals surface area contributed by atoms with Gasteiger partial charge < -0.3 is 9.15 Å². The molecule has 2 rings (SSSR count). The lowest BCUT2D eigenvalue weighted by Gasteiger charge is -2.01. The Labute approximate surface area is 87.9 Å². The van der Waals surface area contributed by atoms with Crippen molar-refractivity contribution in [2.75, 3.05) is 7.11 Å². The van der Waals surface area contributed by atoms with E-state index in [1.54, 1.807) is 7.11 Å². The van der Waals surface area contributed by atoms with Crippen LogP contribution in [0.25, 0.3) is 11.5 Å². The summed E-state index contributed by atoms with van der Waals surface area (Å²) in [5.74, 6) is 1.59. The molecule has 4 nitrogen and oxygen atoms in total. The molecule has 78 valence electrons. The van der Waals surface area contributed by atoms with E-state index < -0.39 is 0 Å². The summed E-state index contributed by atoms with van der Waals surface area (Å²) >= 11 is 0. The van der Waals surface area contributed by atoms with Gasteiger partial charge in [-0.1, -0.05) is 0 Å². The molecule has 0 aromatic carbocycles. The zero-order chi connectivity index (χ0) is 10.8. The molecule has 0 aliphatic carbocycles. The predicted octanol–water partition coefficient (Wildman–Crippen LogP) is 2.36. The molecule has 2 aromatic rings. The highest BCUT2D eigenvalue weighted by molar-refractivity contribution is 5.53. The second-order valence-electron chi connectivity index (χ2n) is 3.29. The SMILES string of the molecule is COc1nc(C)cc(-c2ccc(C)o2)n1. The molecule has 0 amide bonds. The monoisotopic (exact) mass is 204 g/mol. The van der Waals surface area contributed by atoms with E-state index in [0.717, 1.165) is 22.9 Å². The molecule has 2 aromatic heterocycles. The molecule has 2 heterocycles. The summed E-state index contributed by atoms with van der Waals surface area (Å²) in [7, 11) is 1.55. The molecule has 0 aliphatic rings. The van der Waals surface area contributed by atoms with Gasteiger partial charge in [-0.2, -0.15) is 4.98 Å². The first kappa shape index (κ1) is 9.71. The minimum absolute atomic E-state index is 0.360. The number of nitrogens with zero attached hydrogens (tertiary/aromatic N) is 2. The highest BCUT2D eigenvalue weighted by Crippen LogP contribution is 2.21. The first-order valence-corrected chi connectivity index (χ1v) is 4.65. The van der Waals surface area contributed by atoms with Gasteiger partial charge in [-0.05, 0) is 32.0 Å². The fraction of sp³-hybridized carbons (Fsp3) is 0.273. The van der Waals surface area contributed by atoms with Gasteiger partial charge >= 0.3 is 6.01 Å². The van der Waals surface area contributed by atoms with Crippen LogP contribution in [-0.2, 0) is 0 Å². The zero-order valence-electron chi connectivity index (χ0n) is 8.94. The third-order valence-corrected chi connectivity index (χ3v) is 2.01. The second-order valence-corrected chi connectivity index (χ2v) is 3.29. The van der Waals surface area contributed by atoms with E-state index in [1.807, 2.05) is 32.0 Å². The molecule has 0 unspecified atom stereocenters. The van der Waals surface area contributed by atoms with Gasteiger partial charge in [0.05, 0.1) is 7.11 Å². The molecule has 0 bridgehead atoms. The van der Waals surface area contributed by atoms with Crippen molar-refractivity contribution in [1.29, 1.82) is 0 Å². The summed E-state index contributed by atoms with van der Waals surface area (Å²) in [5.41, 5.74) is 1.60. The molecule has 0 aliphatic heterocycles. The molecule has 0 N–H and O–H groups in total. The summed E-state index contributed by atoms with van der Waals surface area (Å²) < 4.78 is 10.5. The number of ether oxygens (including phenoxy) is 1. The van der Waals surface area contributed by atoms with E-state index in [1.165, 1.54) is 0 Å². The number of aromatic nitrogens is 2. The van der Waals surface area contributed by atoms with Crippen molar-refractivity contribution in [1.82, 2.24) is 9.97 Å². The van der Waals surface area contributed by atoms with Gasteiger partial charge in [-0.25, -0.2) is 4.98 Å². The number of hydrogen-bond donors (Lipinski definition) is 0. The Balaban J connectivity index is 2.48. The molecule has 0 radical (unpaired) electrons. The smallest absolute Gasteiger partial charge is 0.316 e. The van der Waals surface area contributed by atoms with E-state index >= 15 is 0 Å². The average molecular weight is 204 g/mol. The molecule has 15 heavy (non-hydrogen) atoms. The minimum Gasteiger partial charge on any atom is -0.467 e. The summed E-state index contributed by atoms with van der Waals surface area (Å²) in [5, 5.41) is 0. The lowest BCUT2D eigenvalue weighted by atomic mass is 10.3. The van der Waals surface area contributed by atoms with Crippen LogP contribution in [0.3, 0.4) is 0 Å². The molecule has 0 saturated heterocycles. The van der Waals surface area contributed by atoms with Crippen LogP contribution in [-0.4, -0.2) is 17.1 Å². The van der Waals surface area contributed by atoms with E-state index in [-0.39, 0.29) is 0 Å². The Bertz CT molecular complexity index is 477. The lowest BCUT2D eigenvalue weighted by molar-refractivity contribution is 0.378. The summed E-state index contributed by atoms with van der Waals surface area (Å²) in [6, 6.07) is 6.01. The molecular weight excluding hydrogens is 192 g/mol. The van der Waals surface area contributed by atoms with Gasteiger partial charge in [-0.15, -0.1) is 0 Å². The van der Waals surface area contributed by atoms with Crippen molar-refractivity contribution in [2.45, 2.75) is 13.8 Å². The van der Waals surface area contributed by atoms with Crippen LogP contribution < -0.4 is 4.74 Å². The van der Waals surface area contributed by atoms with Crippen LogP contribution in [0.5, 0.6) is 6.01 Å². The summed E-state index contributed by atoms with van der Waals surface area (Å²) in [6.45, 7) is 3.79. The normalized spacial score (nSPS) is 10.3. The highest BCUT2D eigenvalue weighted by atomic mass is 16.5. The quantitative estimate of drug-likeness (QED) is 0.753. The van der Waals surface area contributed by atoms with E-state index in [4.69, 9.17) is 9.15 Å². The van der Waals surface area contributed by atoms with Crippen molar-refractivity contribution >= 4 is 0 Å². The Morgan fingerprint density at radius 1 is 1.20 bits per heavy atom. The fourth-order valence-electron chi connectivity index (χ4n) is 1.33. The van der Waals surface area contributed by atoms with E-state index in [2.05, 4.69) is 9.97 Å². The van der Waals surface area contributed by atoms with E-state index in [9.17, 15) is 0 Å². The van der Waals surface area contributed by atoms with Gasteiger partial charge in [0.25, 0.3) is 0 Å². The van der Waals surface area contributed by atoms with Gasteiger partial charge in [0.2, 0.25) is 0 Å². The van der Waals surface area contributed by atoms with E-state index in [0.29, 0.717) is 6.01 Å². The maximum Gasteiger partial charge on any atom is 0.316 e. The van der Waals surface area contributed by atoms with Crippen LogP contribution in [0.4, 0.5) is 0 Å². The first-order chi connectivity index (χ1) is 7.19. The molecular formula is C11H12N2O2. The molecule has 0 saturated carbocycles. The number of furan rings is 1. The maximum atomic E-state index is 5.48. The summed E-state index contributed by atoms with van der Waals surface area (Å²) in [4.78, 5) is 8.32. The third-order valence-electron chi connectivity index (χ3n) is 2.01. The van der Waals surface area contributed by atoms with Crippen molar-refractivity contribution in [3.63, 3.8) is 0 Å². The molecule has 0 atom stereocenters. The second kappa shape index (κ2) is 3.73. The Morgan fingerprint density at radius 2 is 2.00 bits per heavy atom. The van der Waals surface area contributed by atoms with Crippen molar-refractivity contribution in [2.24, 2.45) is 0 Å². The topological polar surface area (TPSA) is 48.2 Å². The highest BCUT2D eigenvalue weighted by Gasteiger charge is 2.07. The van der Waals surface area contributed by atoms with Crippen LogP contribution in [0, 0.1) is 13.8 Å². The van der Waals surface area contributed by atoms with Crippen molar-refractivity contribution in [3.8, 4) is 17.5 Å². The number of rotatable bonds is 2. The van der Waals surface area contributed by atoms with Crippen LogP contribution >= 0.6 is 0 Å². The first-order valence-electron chi connectivity index (χ1n) is 4.65. The minimum atomic E-state index is 0.360. The Morgan fingerprint density at radius 3 is 2.60 bits per heavy atom. The molecule has 0 spiro atoms. The van der Waals surface area contributed by atoms with Crippen LogP contribution in [0.1, 0.15) is 11.5 Å². The summed E-state index contributed by atoms with van der Waals surface area (Å²) in [6.07, 6.45) is 0. The molecule has 0 fully saturated rings. The van der Waals surface area contributed by atoms with Gasteiger partial charge in [0.15, 0.2) is 5.76 Å². The van der Waals surface area contributed by atoms with Crippen molar-refractivity contribution < 1.29 is 9.15 Å². The fourth-order valence-corrected chi connectivity index (χ4v) is 1.33. The van der Waals surface area contributed by atoms with Crippen molar-refractivity contribution in [3.05, 3.63) is 29.7 Å². The Kier molecular flexibility index (Phi) is 2.41. The Hall–Kier alpha value is -1.84. The predicted molar refractivity (Wildman–Crippen MR) is 55.8 cm³/mol.